The summed E-state index contributed by atoms with van der Waals surface area (Å²) in [7, 11) is 8.10. The van der Waals surface area contributed by atoms with Crippen LogP contribution in [-0.2, 0) is 0 Å². The fourth-order valence-corrected chi connectivity index (χ4v) is 5.73. The van der Waals surface area contributed by atoms with Crippen LogP contribution < -0.4 is 9.80 Å². The lowest BCUT2D eigenvalue weighted by molar-refractivity contribution is -0.0793. The number of aromatic amines is 1. The average Bonchev–Trinajstić information content (AvgIpc) is 3.37. The third-order valence-electron chi connectivity index (χ3n) is 7.82. The Hall–Kier alpha value is -3.87. The highest BCUT2D eigenvalue weighted by Gasteiger charge is 2.51. The number of hydrogen-bond acceptors (Lipinski definition) is 5. The van der Waals surface area contributed by atoms with Gasteiger partial charge in [0.2, 0.25) is 0 Å². The minimum atomic E-state index is -0.723. The molecule has 1 saturated carbocycles. The predicted octanol–water partition coefficient (Wildman–Crippen LogP) is 5.12. The molecule has 37 heavy (non-hydrogen) atoms. The molecule has 2 unspecified atom stereocenters. The molecule has 6 heteroatoms. The van der Waals surface area contributed by atoms with Crippen molar-refractivity contribution in [3.63, 3.8) is 0 Å². The molecule has 0 spiro atoms. The van der Waals surface area contributed by atoms with Gasteiger partial charge in [-0.3, -0.25) is 0 Å². The molecule has 1 heterocycles. The van der Waals surface area contributed by atoms with E-state index >= 15 is 0 Å². The molecule has 5 aromatic rings. The van der Waals surface area contributed by atoms with Gasteiger partial charge in [0.15, 0.2) is 0 Å². The van der Waals surface area contributed by atoms with Crippen molar-refractivity contribution < 1.29 is 10.2 Å². The molecule has 1 aliphatic carbocycles. The Morgan fingerprint density at radius 1 is 0.730 bits per heavy atom. The van der Waals surface area contributed by atoms with Gasteiger partial charge in [0, 0.05) is 68.3 Å². The minimum absolute atomic E-state index is 0.379. The van der Waals surface area contributed by atoms with E-state index in [1.54, 1.807) is 6.20 Å². The van der Waals surface area contributed by atoms with Crippen LogP contribution in [0.25, 0.3) is 32.9 Å². The van der Waals surface area contributed by atoms with Crippen molar-refractivity contribution >= 4 is 32.9 Å². The van der Waals surface area contributed by atoms with Gasteiger partial charge in [-0.1, -0.05) is 30.3 Å². The molecule has 1 fully saturated rings. The summed E-state index contributed by atoms with van der Waals surface area (Å²) in [6.07, 6.45) is 0.294. The molecule has 0 amide bonds. The first-order chi connectivity index (χ1) is 17.8. The number of nitrogens with one attached hydrogen (secondary N) is 1. The maximum Gasteiger partial charge on any atom is 0.137 e. The molecule has 3 N–H and O–H groups in total. The van der Waals surface area contributed by atoms with Crippen molar-refractivity contribution in [3.05, 3.63) is 90.3 Å². The Morgan fingerprint density at radius 2 is 1.38 bits per heavy atom. The molecule has 188 valence electrons. The smallest absolute Gasteiger partial charge is 0.137 e. The van der Waals surface area contributed by atoms with Gasteiger partial charge in [-0.25, -0.2) is 4.98 Å². The minimum Gasteiger partial charge on any atom is -0.392 e. The third-order valence-corrected chi connectivity index (χ3v) is 7.82. The number of fused-ring (bicyclic) bond motifs is 2. The van der Waals surface area contributed by atoms with E-state index < -0.39 is 18.1 Å². The van der Waals surface area contributed by atoms with E-state index in [0.717, 1.165) is 50.2 Å². The van der Waals surface area contributed by atoms with Crippen molar-refractivity contribution in [1.29, 1.82) is 0 Å². The van der Waals surface area contributed by atoms with Crippen LogP contribution in [0.1, 0.15) is 23.1 Å². The fourth-order valence-electron chi connectivity index (χ4n) is 5.73. The second-order valence-electron chi connectivity index (χ2n) is 10.5. The number of aromatic nitrogens is 2. The number of aliphatic hydroxyl groups excluding tert-OH is 2. The largest absolute Gasteiger partial charge is 0.392 e. The number of anilines is 2. The van der Waals surface area contributed by atoms with Crippen LogP contribution in [0.2, 0.25) is 0 Å². The topological polar surface area (TPSA) is 75.6 Å². The molecule has 1 aliphatic rings. The Morgan fingerprint density at radius 3 is 2.00 bits per heavy atom. The van der Waals surface area contributed by atoms with E-state index in [0.29, 0.717) is 0 Å². The van der Waals surface area contributed by atoms with Gasteiger partial charge < -0.3 is 25.0 Å². The summed E-state index contributed by atoms with van der Waals surface area (Å²) < 4.78 is 0. The Labute approximate surface area is 216 Å². The third kappa shape index (κ3) is 3.84. The summed E-state index contributed by atoms with van der Waals surface area (Å²) >= 11 is 0. The number of imidazole rings is 1. The van der Waals surface area contributed by atoms with E-state index in [1.807, 2.05) is 64.6 Å². The van der Waals surface area contributed by atoms with Crippen molar-refractivity contribution in [2.75, 3.05) is 38.0 Å². The first-order valence-electron chi connectivity index (χ1n) is 12.6. The zero-order valence-electron chi connectivity index (χ0n) is 21.6. The maximum atomic E-state index is 11.3. The molecule has 2 atom stereocenters. The maximum absolute atomic E-state index is 11.3. The Balaban J connectivity index is 1.34. The van der Waals surface area contributed by atoms with Gasteiger partial charge in [-0.05, 0) is 64.2 Å². The SMILES string of the molecule is CN(C)c1ccc(-c2ncc(C3C(O)C(c4ccc(N(C)C)c5cc6ccccc6cc45)C3O)[nH]2)cc1. The molecular formula is C31H32N4O2. The summed E-state index contributed by atoms with van der Waals surface area (Å²) in [6.45, 7) is 0. The fraction of sp³-hybridized carbons (Fsp3) is 0.258. The second-order valence-corrected chi connectivity index (χ2v) is 10.5. The molecule has 1 aromatic heterocycles. The van der Waals surface area contributed by atoms with E-state index in [9.17, 15) is 10.2 Å². The summed E-state index contributed by atoms with van der Waals surface area (Å²) in [5.74, 6) is -0.0669. The van der Waals surface area contributed by atoms with Crippen molar-refractivity contribution in [2.24, 2.45) is 0 Å². The van der Waals surface area contributed by atoms with E-state index in [-0.39, 0.29) is 5.92 Å². The number of rotatable bonds is 5. The van der Waals surface area contributed by atoms with E-state index in [2.05, 4.69) is 56.2 Å². The summed E-state index contributed by atoms with van der Waals surface area (Å²) in [4.78, 5) is 12.1. The molecule has 6 nitrogen and oxygen atoms in total. The molecule has 0 saturated heterocycles. The van der Waals surface area contributed by atoms with Crippen LogP contribution in [0.3, 0.4) is 0 Å². The number of hydrogen-bond donors (Lipinski definition) is 3. The lowest BCUT2D eigenvalue weighted by atomic mass is 9.64. The quantitative estimate of drug-likeness (QED) is 0.297. The Bertz CT molecular complexity index is 1580. The van der Waals surface area contributed by atoms with Crippen LogP contribution in [0.4, 0.5) is 11.4 Å². The highest BCUT2D eigenvalue weighted by Crippen LogP contribution is 2.50. The normalized spacial score (nSPS) is 21.2. The standard InChI is InChI=1S/C31H32N4O2/c1-34(2)21-11-9-18(10-12-21)31-32-17-25(33-31)28-29(36)27(30(28)37)22-13-14-26(35(3)4)24-16-20-8-6-5-7-19(20)15-23(22)24/h5-17,27-30,36-37H,1-4H3,(H,32,33). The van der Waals surface area contributed by atoms with Gasteiger partial charge in [-0.2, -0.15) is 0 Å². The van der Waals surface area contributed by atoms with Crippen LogP contribution >= 0.6 is 0 Å². The molecule has 6 rings (SSSR count). The monoisotopic (exact) mass is 492 g/mol. The molecule has 0 aliphatic heterocycles. The van der Waals surface area contributed by atoms with E-state index in [4.69, 9.17) is 0 Å². The van der Waals surface area contributed by atoms with Crippen molar-refractivity contribution in [1.82, 2.24) is 9.97 Å². The van der Waals surface area contributed by atoms with E-state index in [1.165, 1.54) is 5.39 Å². The van der Waals surface area contributed by atoms with Gasteiger partial charge >= 0.3 is 0 Å². The number of benzene rings is 4. The average molecular weight is 493 g/mol. The number of aliphatic hydroxyl groups is 2. The van der Waals surface area contributed by atoms with Crippen LogP contribution in [0, 0.1) is 0 Å². The van der Waals surface area contributed by atoms with Crippen LogP contribution in [0.5, 0.6) is 0 Å². The predicted molar refractivity (Wildman–Crippen MR) is 152 cm³/mol. The molecular weight excluding hydrogens is 460 g/mol. The lowest BCUT2D eigenvalue weighted by Gasteiger charge is -2.46. The summed E-state index contributed by atoms with van der Waals surface area (Å²) in [6, 6.07) is 25.0. The zero-order valence-corrected chi connectivity index (χ0v) is 21.6. The van der Waals surface area contributed by atoms with Crippen molar-refractivity contribution in [2.45, 2.75) is 24.0 Å². The van der Waals surface area contributed by atoms with Crippen LogP contribution in [-0.4, -0.2) is 60.6 Å². The van der Waals surface area contributed by atoms with Crippen molar-refractivity contribution in [3.8, 4) is 11.4 Å². The molecule has 4 aromatic carbocycles. The second kappa shape index (κ2) is 8.91. The first-order valence-corrected chi connectivity index (χ1v) is 12.6. The zero-order chi connectivity index (χ0) is 25.8. The van der Waals surface area contributed by atoms with Gasteiger partial charge in [-0.15, -0.1) is 0 Å². The Kier molecular flexibility index (Phi) is 5.66. The summed E-state index contributed by atoms with van der Waals surface area (Å²) in [5.41, 5.74) is 4.92. The highest BCUT2D eigenvalue weighted by molar-refractivity contribution is 6.05. The number of nitrogens with zero attached hydrogens (tertiary/aromatic N) is 3. The summed E-state index contributed by atoms with van der Waals surface area (Å²) in [5, 5.41) is 27.2. The van der Waals surface area contributed by atoms with Gasteiger partial charge in [0.25, 0.3) is 0 Å². The van der Waals surface area contributed by atoms with Gasteiger partial charge in [0.05, 0.1) is 18.1 Å². The van der Waals surface area contributed by atoms with Gasteiger partial charge in [0.1, 0.15) is 5.82 Å². The molecule has 0 radical (unpaired) electrons. The van der Waals surface area contributed by atoms with Crippen LogP contribution in [0.15, 0.2) is 79.0 Å². The first kappa shape index (κ1) is 23.5. The highest BCUT2D eigenvalue weighted by atomic mass is 16.3. The molecule has 0 bridgehead atoms. The lowest BCUT2D eigenvalue weighted by Crippen LogP contribution is -2.51. The number of H-pyrrole nitrogens is 1.